The minimum atomic E-state index is 0.920. The Bertz CT molecular complexity index is 3280. The number of unbranched alkanes of at least 4 members (excludes halogenated alkanes) is 2. The van der Waals surface area contributed by atoms with Crippen molar-refractivity contribution in [2.24, 2.45) is 0 Å². The van der Waals surface area contributed by atoms with Gasteiger partial charge in [-0.1, -0.05) is 195 Å². The van der Waals surface area contributed by atoms with Crippen LogP contribution in [-0.4, -0.2) is 0 Å². The summed E-state index contributed by atoms with van der Waals surface area (Å²) >= 11 is 0. The Hall–Kier alpha value is -7.42. The predicted octanol–water partition coefficient (Wildman–Crippen LogP) is 18.0. The van der Waals surface area contributed by atoms with E-state index >= 15 is 0 Å². The first-order valence-corrected chi connectivity index (χ1v) is 22.4. The zero-order chi connectivity index (χ0) is 42.5. The number of fused-ring (bicyclic) bond motifs is 6. The van der Waals surface area contributed by atoms with Crippen LogP contribution < -0.4 is 0 Å². The molecule has 0 amide bonds. The van der Waals surface area contributed by atoms with Crippen molar-refractivity contribution in [2.75, 3.05) is 0 Å². The van der Waals surface area contributed by atoms with Crippen molar-refractivity contribution < 1.29 is 8.83 Å². The van der Waals surface area contributed by atoms with Crippen molar-refractivity contribution in [1.29, 1.82) is 0 Å². The summed E-state index contributed by atoms with van der Waals surface area (Å²) in [7, 11) is 0. The second-order valence-electron chi connectivity index (χ2n) is 16.6. The Labute approximate surface area is 370 Å². The first kappa shape index (κ1) is 39.7. The third-order valence-electron chi connectivity index (χ3n) is 12.4. The van der Waals surface area contributed by atoms with Gasteiger partial charge < -0.3 is 8.83 Å². The van der Waals surface area contributed by atoms with E-state index in [-0.39, 0.29) is 0 Å². The van der Waals surface area contributed by atoms with Crippen LogP contribution in [0.5, 0.6) is 0 Å². The summed E-state index contributed by atoms with van der Waals surface area (Å²) in [6.07, 6.45) is 12.4. The lowest BCUT2D eigenvalue weighted by atomic mass is 9.92. The van der Waals surface area contributed by atoms with Crippen molar-refractivity contribution in [1.82, 2.24) is 0 Å². The molecule has 2 nitrogen and oxygen atoms in total. The van der Waals surface area contributed by atoms with Crippen LogP contribution in [0.2, 0.25) is 0 Å². The topological polar surface area (TPSA) is 26.3 Å². The maximum Gasteiger partial charge on any atom is 0.143 e. The number of allylic oxidation sites excluding steroid dienone is 6. The molecule has 2 aromatic heterocycles. The molecule has 0 radical (unpaired) electrons. The van der Waals surface area contributed by atoms with Gasteiger partial charge in [0.1, 0.15) is 22.3 Å². The number of benzene rings is 8. The molecule has 0 aliphatic carbocycles. The van der Waals surface area contributed by atoms with Gasteiger partial charge in [-0.25, -0.2) is 0 Å². The van der Waals surface area contributed by atoms with Crippen molar-refractivity contribution in [2.45, 2.75) is 46.0 Å². The number of hydrogen-bond acceptors (Lipinski definition) is 2. The lowest BCUT2D eigenvalue weighted by Gasteiger charge is -2.13. The van der Waals surface area contributed by atoms with E-state index in [0.717, 1.165) is 87.1 Å². The Morgan fingerprint density at radius 1 is 0.444 bits per heavy atom. The van der Waals surface area contributed by atoms with Gasteiger partial charge in [-0.15, -0.1) is 0 Å². The average molecular weight is 815 g/mol. The quantitative estimate of drug-likeness (QED) is 0.0856. The molecule has 0 N–H and O–H groups in total. The molecule has 0 aliphatic heterocycles. The molecule has 0 aliphatic rings. The van der Waals surface area contributed by atoms with Gasteiger partial charge in [-0.05, 0) is 118 Å². The van der Waals surface area contributed by atoms with Gasteiger partial charge >= 0.3 is 0 Å². The summed E-state index contributed by atoms with van der Waals surface area (Å²) in [4.78, 5) is 0. The fourth-order valence-electron chi connectivity index (χ4n) is 8.93. The molecule has 63 heavy (non-hydrogen) atoms. The monoisotopic (exact) mass is 814 g/mol. The van der Waals surface area contributed by atoms with E-state index in [4.69, 9.17) is 8.83 Å². The molecule has 0 fully saturated rings. The van der Waals surface area contributed by atoms with Crippen LogP contribution in [0.4, 0.5) is 0 Å². The zero-order valence-corrected chi connectivity index (χ0v) is 36.0. The van der Waals surface area contributed by atoms with Crippen LogP contribution in [-0.2, 0) is 0 Å². The summed E-state index contributed by atoms with van der Waals surface area (Å²) in [5.41, 5.74) is 18.5. The van der Waals surface area contributed by atoms with Gasteiger partial charge in [0.15, 0.2) is 0 Å². The molecule has 10 rings (SSSR count). The van der Waals surface area contributed by atoms with Crippen LogP contribution in [0.1, 0.15) is 62.6 Å². The molecule has 0 bridgehead atoms. The molecule has 10 aromatic rings. The standard InChI is InChI=1S/C61H50O2/c1-3-4-16-50(46-30-32-48(33-31-46)52-38-39-60-57(41-52)55-21-11-12-24-58(55)62-60)40-51(19-9-8-15-42(2)43-17-6-5-7-18-43)47-28-26-44(27-29-47)45-34-36-49(37-35-45)53-22-14-23-56-54-20-10-13-25-59(54)63-61(53)56/h5-7,10-18,20-41H,3-4,8-9,19H2,1-2H3/b42-15+,50-16+,51-40+. The van der Waals surface area contributed by atoms with E-state index in [2.05, 4.69) is 196 Å². The molecule has 0 atom stereocenters. The Morgan fingerprint density at radius 2 is 1.02 bits per heavy atom. The third-order valence-corrected chi connectivity index (χ3v) is 12.4. The average Bonchev–Trinajstić information content (AvgIpc) is 3.92. The van der Waals surface area contributed by atoms with Gasteiger partial charge in [0.2, 0.25) is 0 Å². The molecular weight excluding hydrogens is 765 g/mol. The molecule has 0 spiro atoms. The number of para-hydroxylation sites is 3. The van der Waals surface area contributed by atoms with Gasteiger partial charge in [-0.2, -0.15) is 0 Å². The molecule has 8 aromatic carbocycles. The second-order valence-corrected chi connectivity index (χ2v) is 16.6. The summed E-state index contributed by atoms with van der Waals surface area (Å²) in [5, 5.41) is 4.60. The highest BCUT2D eigenvalue weighted by Crippen LogP contribution is 2.38. The largest absolute Gasteiger partial charge is 0.456 e. The highest BCUT2D eigenvalue weighted by molar-refractivity contribution is 6.09. The van der Waals surface area contributed by atoms with Crippen molar-refractivity contribution in [3.8, 4) is 33.4 Å². The molecule has 2 heterocycles. The normalized spacial score (nSPS) is 12.6. The van der Waals surface area contributed by atoms with Crippen molar-refractivity contribution >= 4 is 60.6 Å². The maximum atomic E-state index is 6.36. The lowest BCUT2D eigenvalue weighted by molar-refractivity contribution is 0.669. The van der Waals surface area contributed by atoms with Crippen LogP contribution in [0.15, 0.2) is 215 Å². The summed E-state index contributed by atoms with van der Waals surface area (Å²) in [5.74, 6) is 0. The molecule has 2 heteroatoms. The Kier molecular flexibility index (Phi) is 11.3. The fourth-order valence-corrected chi connectivity index (χ4v) is 8.93. The van der Waals surface area contributed by atoms with E-state index in [0.29, 0.717) is 0 Å². The van der Waals surface area contributed by atoms with Crippen molar-refractivity contribution in [3.05, 3.63) is 223 Å². The first-order chi connectivity index (χ1) is 31.1. The SMILES string of the molecule is CCC/C=C(\C=C(/CCC/C=C(\C)c1ccccc1)c1ccc(-c2ccc(-c3cccc4c3oc3ccccc34)cc2)cc1)c1ccc(-c2ccc3oc4ccccc4c3c2)cc1. The third kappa shape index (κ3) is 8.33. The predicted molar refractivity (Wildman–Crippen MR) is 269 cm³/mol. The van der Waals surface area contributed by atoms with Gasteiger partial charge in [0.05, 0.1) is 0 Å². The lowest BCUT2D eigenvalue weighted by Crippen LogP contribution is -1.91. The second kappa shape index (κ2) is 17.9. The minimum absolute atomic E-state index is 0.920. The highest BCUT2D eigenvalue weighted by atomic mass is 16.3. The van der Waals surface area contributed by atoms with E-state index < -0.39 is 0 Å². The van der Waals surface area contributed by atoms with Crippen molar-refractivity contribution in [3.63, 3.8) is 0 Å². The number of furan rings is 2. The van der Waals surface area contributed by atoms with Gasteiger partial charge in [0, 0.05) is 27.1 Å². The zero-order valence-electron chi connectivity index (χ0n) is 36.0. The molecule has 0 saturated carbocycles. The maximum absolute atomic E-state index is 6.36. The molecular formula is C61H50O2. The van der Waals surface area contributed by atoms with Gasteiger partial charge in [-0.3, -0.25) is 0 Å². The summed E-state index contributed by atoms with van der Waals surface area (Å²) in [6, 6.07) is 67.4. The molecule has 0 saturated heterocycles. The summed E-state index contributed by atoms with van der Waals surface area (Å²) in [6.45, 7) is 4.48. The number of rotatable bonds is 13. The van der Waals surface area contributed by atoms with E-state index in [1.54, 1.807) is 0 Å². The van der Waals surface area contributed by atoms with E-state index in [9.17, 15) is 0 Å². The minimum Gasteiger partial charge on any atom is -0.456 e. The van der Waals surface area contributed by atoms with E-state index in [1.807, 2.05) is 24.3 Å². The van der Waals surface area contributed by atoms with Crippen LogP contribution >= 0.6 is 0 Å². The first-order valence-electron chi connectivity index (χ1n) is 22.4. The number of hydrogen-bond donors (Lipinski definition) is 0. The van der Waals surface area contributed by atoms with Crippen LogP contribution in [0.25, 0.3) is 94.0 Å². The summed E-state index contributed by atoms with van der Waals surface area (Å²) < 4.78 is 12.5. The smallest absolute Gasteiger partial charge is 0.143 e. The van der Waals surface area contributed by atoms with Gasteiger partial charge in [0.25, 0.3) is 0 Å². The Morgan fingerprint density at radius 3 is 1.75 bits per heavy atom. The van der Waals surface area contributed by atoms with E-state index in [1.165, 1.54) is 55.7 Å². The molecule has 306 valence electrons. The molecule has 0 unspecified atom stereocenters. The van der Waals surface area contributed by atoms with Crippen LogP contribution in [0, 0.1) is 0 Å². The Balaban J connectivity index is 0.938. The highest BCUT2D eigenvalue weighted by Gasteiger charge is 2.13. The van der Waals surface area contributed by atoms with Crippen LogP contribution in [0.3, 0.4) is 0 Å². The fraction of sp³-hybridized carbons (Fsp3) is 0.115.